The molecule has 2 aliphatic heterocycles. The quantitative estimate of drug-likeness (QED) is 0.543. The topological polar surface area (TPSA) is 102 Å². The van der Waals surface area contributed by atoms with Gasteiger partial charge in [0.05, 0.1) is 11.8 Å². The summed E-state index contributed by atoms with van der Waals surface area (Å²) in [5, 5.41) is 9.25. The molecule has 9 heteroatoms. The van der Waals surface area contributed by atoms with Gasteiger partial charge < -0.3 is 19.4 Å². The van der Waals surface area contributed by atoms with Gasteiger partial charge in [0, 0.05) is 45.0 Å². The molecule has 0 bridgehead atoms. The standard InChI is InChI=1S/C23H32N4O5/c28-21(24-31)20-16-18(32-23(30)27-10-4-5-11-27)8-9-19(20)22(29)26-14-12-25(13-15-26)17-6-2-1-3-7-17/h1-3,6-7,18-20,31H,4-5,8-16H2,(H,24,28)/t18-,19-,20-/m0/s1. The lowest BCUT2D eigenvalue weighted by Crippen LogP contribution is -2.53. The number of nitrogens with zero attached hydrogens (tertiary/aromatic N) is 3. The van der Waals surface area contributed by atoms with Crippen molar-refractivity contribution in [1.82, 2.24) is 15.3 Å². The van der Waals surface area contributed by atoms with E-state index in [4.69, 9.17) is 4.74 Å². The van der Waals surface area contributed by atoms with Crippen molar-refractivity contribution in [1.29, 1.82) is 0 Å². The third-order valence-corrected chi connectivity index (χ3v) is 6.91. The summed E-state index contributed by atoms with van der Waals surface area (Å²) in [6.07, 6.45) is 2.41. The monoisotopic (exact) mass is 444 g/mol. The van der Waals surface area contributed by atoms with E-state index in [1.165, 1.54) is 0 Å². The number of rotatable bonds is 4. The highest BCUT2D eigenvalue weighted by molar-refractivity contribution is 5.87. The van der Waals surface area contributed by atoms with Crippen molar-refractivity contribution < 1.29 is 24.3 Å². The molecular weight excluding hydrogens is 412 g/mol. The first kappa shape index (κ1) is 22.4. The van der Waals surface area contributed by atoms with Crippen molar-refractivity contribution in [3.63, 3.8) is 0 Å². The minimum Gasteiger partial charge on any atom is -0.446 e. The van der Waals surface area contributed by atoms with Gasteiger partial charge in [-0.25, -0.2) is 10.3 Å². The van der Waals surface area contributed by atoms with Gasteiger partial charge in [0.25, 0.3) is 0 Å². The molecule has 1 aliphatic carbocycles. The van der Waals surface area contributed by atoms with Crippen LogP contribution in [0.25, 0.3) is 0 Å². The van der Waals surface area contributed by atoms with E-state index >= 15 is 0 Å². The number of hydrogen-bond donors (Lipinski definition) is 2. The van der Waals surface area contributed by atoms with Crippen molar-refractivity contribution in [2.75, 3.05) is 44.2 Å². The van der Waals surface area contributed by atoms with Crippen LogP contribution in [0.1, 0.15) is 32.1 Å². The van der Waals surface area contributed by atoms with Crippen LogP contribution < -0.4 is 10.4 Å². The minimum absolute atomic E-state index is 0.0596. The zero-order chi connectivity index (χ0) is 22.5. The second kappa shape index (κ2) is 10.2. The van der Waals surface area contributed by atoms with Crippen LogP contribution in [0.4, 0.5) is 10.5 Å². The first-order chi connectivity index (χ1) is 15.6. The molecule has 0 spiro atoms. The predicted octanol–water partition coefficient (Wildman–Crippen LogP) is 1.86. The van der Waals surface area contributed by atoms with E-state index in [0.717, 1.165) is 31.6 Å². The van der Waals surface area contributed by atoms with Crippen LogP contribution in [-0.2, 0) is 14.3 Å². The summed E-state index contributed by atoms with van der Waals surface area (Å²) >= 11 is 0. The number of carbonyl (C=O) groups excluding carboxylic acids is 3. The first-order valence-corrected chi connectivity index (χ1v) is 11.5. The molecule has 3 atom stereocenters. The Labute approximate surface area is 188 Å². The molecule has 3 amide bonds. The Hall–Kier alpha value is -2.81. The average Bonchev–Trinajstić information content (AvgIpc) is 3.39. The molecular formula is C23H32N4O5. The van der Waals surface area contributed by atoms with E-state index in [9.17, 15) is 19.6 Å². The molecule has 0 aromatic heterocycles. The number of nitrogens with one attached hydrogen (secondary N) is 1. The lowest BCUT2D eigenvalue weighted by molar-refractivity contribution is -0.149. The molecule has 1 aromatic carbocycles. The molecule has 0 radical (unpaired) electrons. The maximum atomic E-state index is 13.3. The number of likely N-dealkylation sites (tertiary alicyclic amines) is 1. The van der Waals surface area contributed by atoms with Crippen LogP contribution >= 0.6 is 0 Å². The third-order valence-electron chi connectivity index (χ3n) is 6.91. The number of piperazine rings is 1. The zero-order valence-electron chi connectivity index (χ0n) is 18.3. The van der Waals surface area contributed by atoms with Crippen molar-refractivity contribution in [2.24, 2.45) is 11.8 Å². The van der Waals surface area contributed by atoms with Crippen LogP contribution in [0, 0.1) is 11.8 Å². The molecule has 1 saturated carbocycles. The number of hydroxylamine groups is 1. The van der Waals surface area contributed by atoms with Crippen LogP contribution in [0.15, 0.2) is 30.3 Å². The molecule has 4 rings (SSSR count). The molecule has 2 saturated heterocycles. The smallest absolute Gasteiger partial charge is 0.410 e. The number of carbonyl (C=O) groups is 3. The van der Waals surface area contributed by atoms with Crippen LogP contribution in [-0.4, -0.2) is 78.3 Å². The molecule has 3 fully saturated rings. The normalized spacial score (nSPS) is 26.0. The molecule has 3 aliphatic rings. The Kier molecular flexibility index (Phi) is 7.14. The van der Waals surface area contributed by atoms with E-state index in [2.05, 4.69) is 17.0 Å². The number of ether oxygens (including phenoxy) is 1. The van der Waals surface area contributed by atoms with Crippen molar-refractivity contribution in [3.8, 4) is 0 Å². The van der Waals surface area contributed by atoms with Gasteiger partial charge in [0.1, 0.15) is 6.10 Å². The summed E-state index contributed by atoms with van der Waals surface area (Å²) in [6.45, 7) is 4.03. The zero-order valence-corrected chi connectivity index (χ0v) is 18.3. The largest absolute Gasteiger partial charge is 0.446 e. The van der Waals surface area contributed by atoms with Crippen LogP contribution in [0.3, 0.4) is 0 Å². The molecule has 9 nitrogen and oxygen atoms in total. The molecule has 174 valence electrons. The third kappa shape index (κ3) is 4.98. The van der Waals surface area contributed by atoms with E-state index in [-0.39, 0.29) is 18.4 Å². The van der Waals surface area contributed by atoms with Gasteiger partial charge in [0.15, 0.2) is 0 Å². The van der Waals surface area contributed by atoms with Crippen molar-refractivity contribution >= 4 is 23.6 Å². The molecule has 0 unspecified atom stereocenters. The maximum Gasteiger partial charge on any atom is 0.410 e. The highest BCUT2D eigenvalue weighted by atomic mass is 16.6. The van der Waals surface area contributed by atoms with Crippen LogP contribution in [0.2, 0.25) is 0 Å². The summed E-state index contributed by atoms with van der Waals surface area (Å²) in [4.78, 5) is 43.8. The predicted molar refractivity (Wildman–Crippen MR) is 117 cm³/mol. The van der Waals surface area contributed by atoms with Crippen LogP contribution in [0.5, 0.6) is 0 Å². The van der Waals surface area contributed by atoms with E-state index in [1.807, 2.05) is 23.1 Å². The number of benzene rings is 1. The highest BCUT2D eigenvalue weighted by Gasteiger charge is 2.43. The minimum atomic E-state index is -0.718. The maximum absolute atomic E-state index is 13.3. The second-order valence-corrected chi connectivity index (χ2v) is 8.85. The summed E-state index contributed by atoms with van der Waals surface area (Å²) < 4.78 is 5.63. The fourth-order valence-electron chi connectivity index (χ4n) is 5.08. The summed E-state index contributed by atoms with van der Waals surface area (Å²) in [5.74, 6) is -1.89. The summed E-state index contributed by atoms with van der Waals surface area (Å²) in [5.41, 5.74) is 2.85. The van der Waals surface area contributed by atoms with Gasteiger partial charge in [-0.15, -0.1) is 0 Å². The van der Waals surface area contributed by atoms with Crippen molar-refractivity contribution in [3.05, 3.63) is 30.3 Å². The van der Waals surface area contributed by atoms with Gasteiger partial charge in [-0.05, 0) is 44.2 Å². The Balaban J connectivity index is 1.35. The SMILES string of the molecule is O=C(NO)[C@H]1C[C@@H](OC(=O)N2CCCC2)CC[C@@H]1C(=O)N1CCN(c2ccccc2)CC1. The van der Waals surface area contributed by atoms with Crippen molar-refractivity contribution in [2.45, 2.75) is 38.2 Å². The molecule has 1 aromatic rings. The fraction of sp³-hybridized carbons (Fsp3) is 0.609. The second-order valence-electron chi connectivity index (χ2n) is 8.85. The first-order valence-electron chi connectivity index (χ1n) is 11.5. The summed E-state index contributed by atoms with van der Waals surface area (Å²) in [7, 11) is 0. The Morgan fingerprint density at radius 3 is 2.22 bits per heavy atom. The number of hydrogen-bond acceptors (Lipinski definition) is 6. The van der Waals surface area contributed by atoms with Gasteiger partial charge in [-0.2, -0.15) is 0 Å². The van der Waals surface area contributed by atoms with E-state index < -0.39 is 23.8 Å². The van der Waals surface area contributed by atoms with Gasteiger partial charge in [-0.3, -0.25) is 14.8 Å². The van der Waals surface area contributed by atoms with Gasteiger partial charge >= 0.3 is 6.09 Å². The fourth-order valence-corrected chi connectivity index (χ4v) is 5.08. The molecule has 2 heterocycles. The Morgan fingerprint density at radius 1 is 0.875 bits per heavy atom. The highest BCUT2D eigenvalue weighted by Crippen LogP contribution is 2.34. The number of para-hydroxylation sites is 1. The number of anilines is 1. The number of amides is 3. The van der Waals surface area contributed by atoms with Gasteiger partial charge in [0.2, 0.25) is 11.8 Å². The molecule has 2 N–H and O–H groups in total. The van der Waals surface area contributed by atoms with E-state index in [0.29, 0.717) is 39.0 Å². The summed E-state index contributed by atoms with van der Waals surface area (Å²) in [6, 6.07) is 10.1. The Morgan fingerprint density at radius 2 is 1.56 bits per heavy atom. The Bertz CT molecular complexity index is 806. The lowest BCUT2D eigenvalue weighted by Gasteiger charge is -2.40. The lowest BCUT2D eigenvalue weighted by atomic mass is 9.76. The van der Waals surface area contributed by atoms with E-state index in [1.54, 1.807) is 10.4 Å². The molecule has 32 heavy (non-hydrogen) atoms. The average molecular weight is 445 g/mol. The van der Waals surface area contributed by atoms with Gasteiger partial charge in [-0.1, -0.05) is 18.2 Å².